The molecule has 0 saturated carbocycles. The molecule has 0 unspecified atom stereocenters. The van der Waals surface area contributed by atoms with E-state index in [0.29, 0.717) is 25.7 Å². The zero-order valence-electron chi connectivity index (χ0n) is 16.7. The molecule has 1 amide bonds. The number of anilines is 1. The molecule has 1 heterocycles. The summed E-state index contributed by atoms with van der Waals surface area (Å²) in [5.41, 5.74) is 2.60. The van der Waals surface area contributed by atoms with E-state index >= 15 is 0 Å². The van der Waals surface area contributed by atoms with Crippen molar-refractivity contribution >= 4 is 11.9 Å². The molecule has 2 N–H and O–H groups in total. The van der Waals surface area contributed by atoms with Gasteiger partial charge in [-0.05, 0) is 19.1 Å². The number of aromatic nitrogens is 2. The normalized spacial score (nSPS) is 10.7. The Morgan fingerprint density at radius 1 is 1.14 bits per heavy atom. The van der Waals surface area contributed by atoms with Crippen molar-refractivity contribution in [2.45, 2.75) is 6.92 Å². The number of benzene rings is 2. The monoisotopic (exact) mass is 394 g/mol. The molecule has 152 valence electrons. The van der Waals surface area contributed by atoms with Crippen LogP contribution in [0.4, 0.5) is 5.95 Å². The summed E-state index contributed by atoms with van der Waals surface area (Å²) in [6, 6.07) is 17.5. The van der Waals surface area contributed by atoms with Crippen molar-refractivity contribution < 1.29 is 14.3 Å². The van der Waals surface area contributed by atoms with Gasteiger partial charge >= 0.3 is 0 Å². The molecule has 29 heavy (non-hydrogen) atoms. The maximum atomic E-state index is 12.4. The molecule has 2 aromatic carbocycles. The van der Waals surface area contributed by atoms with Crippen LogP contribution in [0, 0.1) is 0 Å². The molecule has 0 aliphatic rings. The lowest BCUT2D eigenvalue weighted by molar-refractivity contribution is -0.115. The lowest BCUT2D eigenvalue weighted by Gasteiger charge is -2.11. The number of imidazole rings is 1. The van der Waals surface area contributed by atoms with Gasteiger partial charge in [-0.25, -0.2) is 4.98 Å². The minimum atomic E-state index is -0.173. The van der Waals surface area contributed by atoms with Crippen LogP contribution in [0.15, 0.2) is 60.8 Å². The first-order valence-corrected chi connectivity index (χ1v) is 9.58. The maximum absolute atomic E-state index is 12.4. The van der Waals surface area contributed by atoms with Crippen LogP contribution in [-0.2, 0) is 9.53 Å². The molecular weight excluding hydrogens is 368 g/mol. The van der Waals surface area contributed by atoms with Crippen LogP contribution in [0.5, 0.6) is 5.75 Å². The number of hydrogen-bond donors (Lipinski definition) is 2. The van der Waals surface area contributed by atoms with Gasteiger partial charge in [0.1, 0.15) is 5.75 Å². The SMILES string of the molecule is CCOc1cccc(-n2cc(-c3ccccc3)nc2NC(=O)CNCCOC)c1. The van der Waals surface area contributed by atoms with E-state index in [1.54, 1.807) is 7.11 Å². The van der Waals surface area contributed by atoms with Crippen LogP contribution in [0.25, 0.3) is 16.9 Å². The van der Waals surface area contributed by atoms with E-state index in [9.17, 15) is 4.79 Å². The molecule has 0 saturated heterocycles. The van der Waals surface area contributed by atoms with Crippen LogP contribution < -0.4 is 15.4 Å². The fourth-order valence-corrected chi connectivity index (χ4v) is 2.85. The zero-order valence-corrected chi connectivity index (χ0v) is 16.7. The second-order valence-electron chi connectivity index (χ2n) is 6.33. The molecule has 0 atom stereocenters. The number of methoxy groups -OCH3 is 1. The van der Waals surface area contributed by atoms with Crippen LogP contribution in [0.1, 0.15) is 6.92 Å². The lowest BCUT2D eigenvalue weighted by Crippen LogP contribution is -2.31. The van der Waals surface area contributed by atoms with Crippen molar-refractivity contribution in [3.05, 3.63) is 60.8 Å². The minimum Gasteiger partial charge on any atom is -0.494 e. The fourth-order valence-electron chi connectivity index (χ4n) is 2.85. The first-order valence-electron chi connectivity index (χ1n) is 9.58. The van der Waals surface area contributed by atoms with Gasteiger partial charge in [0.25, 0.3) is 0 Å². The van der Waals surface area contributed by atoms with Gasteiger partial charge in [0.15, 0.2) is 0 Å². The molecule has 0 spiro atoms. The number of rotatable bonds is 10. The second-order valence-corrected chi connectivity index (χ2v) is 6.33. The Hall–Kier alpha value is -3.16. The number of hydrogen-bond acceptors (Lipinski definition) is 5. The topological polar surface area (TPSA) is 77.4 Å². The zero-order chi connectivity index (χ0) is 20.5. The van der Waals surface area contributed by atoms with Gasteiger partial charge in [-0.15, -0.1) is 0 Å². The predicted molar refractivity (Wildman–Crippen MR) is 114 cm³/mol. The van der Waals surface area contributed by atoms with Crippen LogP contribution in [0.3, 0.4) is 0 Å². The highest BCUT2D eigenvalue weighted by atomic mass is 16.5. The third-order valence-corrected chi connectivity index (χ3v) is 4.20. The average Bonchev–Trinajstić information content (AvgIpc) is 3.16. The maximum Gasteiger partial charge on any atom is 0.240 e. The van der Waals surface area contributed by atoms with Gasteiger partial charge in [0.2, 0.25) is 11.9 Å². The summed E-state index contributed by atoms with van der Waals surface area (Å²) < 4.78 is 12.5. The minimum absolute atomic E-state index is 0.173. The molecule has 7 heteroatoms. The molecule has 0 radical (unpaired) electrons. The van der Waals surface area contributed by atoms with Gasteiger partial charge in [0.05, 0.1) is 31.1 Å². The standard InChI is InChI=1S/C22H26N4O3/c1-3-29-19-11-7-10-18(14-19)26-16-20(17-8-5-4-6-9-17)24-22(26)25-21(27)15-23-12-13-28-2/h4-11,14,16,23H,3,12-13,15H2,1-2H3,(H,24,25,27). The first kappa shape index (κ1) is 20.6. The summed E-state index contributed by atoms with van der Waals surface area (Å²) in [5, 5.41) is 5.93. The third-order valence-electron chi connectivity index (χ3n) is 4.20. The Labute approximate surface area is 170 Å². The average molecular weight is 394 g/mol. The van der Waals surface area contributed by atoms with E-state index < -0.39 is 0 Å². The molecule has 3 aromatic rings. The number of nitrogens with one attached hydrogen (secondary N) is 2. The highest BCUT2D eigenvalue weighted by Crippen LogP contribution is 2.26. The van der Waals surface area contributed by atoms with E-state index in [2.05, 4.69) is 15.6 Å². The van der Waals surface area contributed by atoms with Crippen molar-refractivity contribution in [2.75, 3.05) is 38.7 Å². The van der Waals surface area contributed by atoms with E-state index in [1.807, 2.05) is 72.3 Å². The summed E-state index contributed by atoms with van der Waals surface area (Å²) in [7, 11) is 1.63. The van der Waals surface area contributed by atoms with Crippen molar-refractivity contribution in [3.63, 3.8) is 0 Å². The summed E-state index contributed by atoms with van der Waals surface area (Å²) in [6.45, 7) is 3.85. The van der Waals surface area contributed by atoms with Gasteiger partial charge in [0, 0.05) is 31.5 Å². The molecule has 7 nitrogen and oxygen atoms in total. The Kier molecular flexibility index (Phi) is 7.38. The summed E-state index contributed by atoms with van der Waals surface area (Å²) in [6.07, 6.45) is 1.91. The van der Waals surface area contributed by atoms with Gasteiger partial charge in [-0.2, -0.15) is 0 Å². The van der Waals surface area contributed by atoms with E-state index in [1.165, 1.54) is 0 Å². The lowest BCUT2D eigenvalue weighted by atomic mass is 10.2. The summed E-state index contributed by atoms with van der Waals surface area (Å²) in [4.78, 5) is 17.0. The molecule has 0 fully saturated rings. The summed E-state index contributed by atoms with van der Waals surface area (Å²) >= 11 is 0. The Bertz CT molecular complexity index is 925. The van der Waals surface area contributed by atoms with Gasteiger partial charge < -0.3 is 14.8 Å². The van der Waals surface area contributed by atoms with Crippen LogP contribution in [-0.4, -0.2) is 48.9 Å². The number of carbonyl (C=O) groups excluding carboxylic acids is 1. The molecule has 0 aliphatic heterocycles. The smallest absolute Gasteiger partial charge is 0.240 e. The molecule has 3 rings (SSSR count). The number of carbonyl (C=O) groups is 1. The molecule has 1 aromatic heterocycles. The molecule has 0 aliphatic carbocycles. The Balaban J connectivity index is 1.88. The number of amides is 1. The van der Waals surface area contributed by atoms with Crippen molar-refractivity contribution in [3.8, 4) is 22.7 Å². The Morgan fingerprint density at radius 3 is 2.72 bits per heavy atom. The van der Waals surface area contributed by atoms with Crippen LogP contribution >= 0.6 is 0 Å². The first-order chi connectivity index (χ1) is 14.2. The van der Waals surface area contributed by atoms with E-state index in [0.717, 1.165) is 22.7 Å². The van der Waals surface area contributed by atoms with Crippen molar-refractivity contribution in [1.29, 1.82) is 0 Å². The largest absolute Gasteiger partial charge is 0.494 e. The number of ether oxygens (including phenoxy) is 2. The van der Waals surface area contributed by atoms with Crippen molar-refractivity contribution in [2.24, 2.45) is 0 Å². The quantitative estimate of drug-likeness (QED) is 0.517. The third kappa shape index (κ3) is 5.66. The second kappa shape index (κ2) is 10.4. The highest BCUT2D eigenvalue weighted by Gasteiger charge is 2.14. The van der Waals surface area contributed by atoms with Crippen LogP contribution in [0.2, 0.25) is 0 Å². The molecule has 0 bridgehead atoms. The predicted octanol–water partition coefficient (Wildman–Crippen LogP) is 3.11. The number of nitrogens with zero attached hydrogens (tertiary/aromatic N) is 2. The summed E-state index contributed by atoms with van der Waals surface area (Å²) in [5.74, 6) is 1.04. The van der Waals surface area contributed by atoms with Gasteiger partial charge in [-0.1, -0.05) is 36.4 Å². The van der Waals surface area contributed by atoms with Crippen molar-refractivity contribution in [1.82, 2.24) is 14.9 Å². The fraction of sp³-hybridized carbons (Fsp3) is 0.273. The van der Waals surface area contributed by atoms with E-state index in [-0.39, 0.29) is 12.5 Å². The Morgan fingerprint density at radius 2 is 1.97 bits per heavy atom. The molecular formula is C22H26N4O3. The highest BCUT2D eigenvalue weighted by molar-refractivity contribution is 5.91. The van der Waals surface area contributed by atoms with E-state index in [4.69, 9.17) is 9.47 Å². The van der Waals surface area contributed by atoms with Gasteiger partial charge in [-0.3, -0.25) is 14.7 Å².